The summed E-state index contributed by atoms with van der Waals surface area (Å²) in [4.78, 5) is 29.9. The van der Waals surface area contributed by atoms with Gasteiger partial charge in [0.15, 0.2) is 0 Å². The van der Waals surface area contributed by atoms with Crippen molar-refractivity contribution in [2.24, 2.45) is 5.41 Å². The molecule has 0 aromatic heterocycles. The highest BCUT2D eigenvalue weighted by Gasteiger charge is 2.43. The number of nitrogens with one attached hydrogen (secondary N) is 1. The van der Waals surface area contributed by atoms with Crippen molar-refractivity contribution < 1.29 is 19.1 Å². The van der Waals surface area contributed by atoms with Crippen molar-refractivity contribution in [3.8, 4) is 5.75 Å². The highest BCUT2D eigenvalue weighted by atomic mass is 16.5. The predicted molar refractivity (Wildman–Crippen MR) is 107 cm³/mol. The van der Waals surface area contributed by atoms with E-state index in [4.69, 9.17) is 9.47 Å². The Kier molecular flexibility index (Phi) is 6.91. The molecule has 1 aromatic carbocycles. The topological polar surface area (TPSA) is 71.1 Å². The first-order valence-corrected chi connectivity index (χ1v) is 10.1. The fraction of sp³-hybridized carbons (Fsp3) is 0.619. The molecule has 0 spiro atoms. The van der Waals surface area contributed by atoms with Crippen LogP contribution in [-0.4, -0.2) is 81.2 Å². The average Bonchev–Trinajstić information content (AvgIpc) is 2.74. The first-order valence-electron chi connectivity index (χ1n) is 10.1. The standard InChI is InChI=1S/C21H31N3O4/c1-3-28-18-7-5-4-6-17(18)19(25)23-12-14-24(15-13-23)20(26)21(16-27-2)8-10-22-11-9-21/h4-7,22H,3,8-16H2,1-2H3. The summed E-state index contributed by atoms with van der Waals surface area (Å²) in [7, 11) is 1.66. The summed E-state index contributed by atoms with van der Waals surface area (Å²) in [5, 5.41) is 3.32. The van der Waals surface area contributed by atoms with E-state index in [9.17, 15) is 9.59 Å². The van der Waals surface area contributed by atoms with Gasteiger partial charge in [-0.05, 0) is 45.0 Å². The molecule has 2 aliphatic heterocycles. The summed E-state index contributed by atoms with van der Waals surface area (Å²) in [6, 6.07) is 7.34. The van der Waals surface area contributed by atoms with Gasteiger partial charge < -0.3 is 24.6 Å². The van der Waals surface area contributed by atoms with Crippen molar-refractivity contribution >= 4 is 11.8 Å². The van der Waals surface area contributed by atoms with Gasteiger partial charge in [-0.1, -0.05) is 12.1 Å². The Labute approximate surface area is 167 Å². The quantitative estimate of drug-likeness (QED) is 0.796. The number of rotatable bonds is 6. The SMILES string of the molecule is CCOc1ccccc1C(=O)N1CCN(C(=O)C2(COC)CCNCC2)CC1. The smallest absolute Gasteiger partial charge is 0.257 e. The Morgan fingerprint density at radius 1 is 1.07 bits per heavy atom. The molecule has 7 heteroatoms. The first kappa shape index (κ1) is 20.6. The second kappa shape index (κ2) is 9.39. The van der Waals surface area contributed by atoms with Gasteiger partial charge in [-0.25, -0.2) is 0 Å². The number of carbonyl (C=O) groups excluding carboxylic acids is 2. The molecule has 0 unspecified atom stereocenters. The average molecular weight is 389 g/mol. The van der Waals surface area contributed by atoms with Crippen LogP contribution in [0.4, 0.5) is 0 Å². The van der Waals surface area contributed by atoms with Crippen molar-refractivity contribution in [3.63, 3.8) is 0 Å². The summed E-state index contributed by atoms with van der Waals surface area (Å²) < 4.78 is 11.0. The third-order valence-electron chi connectivity index (χ3n) is 5.71. The predicted octanol–water partition coefficient (Wildman–Crippen LogP) is 1.39. The lowest BCUT2D eigenvalue weighted by molar-refractivity contribution is -0.149. The van der Waals surface area contributed by atoms with E-state index in [1.807, 2.05) is 34.9 Å². The minimum absolute atomic E-state index is 0.0374. The number of amides is 2. The molecule has 0 saturated carbocycles. The molecule has 154 valence electrons. The third-order valence-corrected chi connectivity index (χ3v) is 5.71. The lowest BCUT2D eigenvalue weighted by atomic mass is 9.78. The van der Waals surface area contributed by atoms with E-state index < -0.39 is 5.41 Å². The van der Waals surface area contributed by atoms with Crippen LogP contribution in [0.1, 0.15) is 30.1 Å². The first-order chi connectivity index (χ1) is 13.6. The van der Waals surface area contributed by atoms with E-state index in [0.717, 1.165) is 25.9 Å². The van der Waals surface area contributed by atoms with Crippen molar-refractivity contribution in [1.29, 1.82) is 0 Å². The van der Waals surface area contributed by atoms with Gasteiger partial charge in [0, 0.05) is 33.3 Å². The van der Waals surface area contributed by atoms with Gasteiger partial charge in [0.2, 0.25) is 5.91 Å². The molecule has 3 rings (SSSR count). The fourth-order valence-corrected chi connectivity index (χ4v) is 4.14. The van der Waals surface area contributed by atoms with Crippen LogP contribution in [-0.2, 0) is 9.53 Å². The molecular formula is C21H31N3O4. The van der Waals surface area contributed by atoms with Crippen LogP contribution < -0.4 is 10.1 Å². The Morgan fingerprint density at radius 3 is 2.36 bits per heavy atom. The number of para-hydroxylation sites is 1. The molecule has 2 amide bonds. The maximum Gasteiger partial charge on any atom is 0.257 e. The zero-order valence-corrected chi connectivity index (χ0v) is 16.9. The summed E-state index contributed by atoms with van der Waals surface area (Å²) in [6.07, 6.45) is 1.58. The van der Waals surface area contributed by atoms with Crippen LogP contribution in [0.15, 0.2) is 24.3 Å². The van der Waals surface area contributed by atoms with Crippen LogP contribution in [0.25, 0.3) is 0 Å². The van der Waals surface area contributed by atoms with Gasteiger partial charge in [-0.2, -0.15) is 0 Å². The summed E-state index contributed by atoms with van der Waals surface area (Å²) in [6.45, 7) is 6.72. The number of ether oxygens (including phenoxy) is 2. The van der Waals surface area contributed by atoms with Crippen molar-refractivity contribution in [2.45, 2.75) is 19.8 Å². The molecule has 7 nitrogen and oxygen atoms in total. The van der Waals surface area contributed by atoms with E-state index in [1.54, 1.807) is 13.2 Å². The Bertz CT molecular complexity index is 674. The molecule has 1 aromatic rings. The summed E-state index contributed by atoms with van der Waals surface area (Å²) >= 11 is 0. The second-order valence-corrected chi connectivity index (χ2v) is 7.48. The maximum absolute atomic E-state index is 13.2. The van der Waals surface area contributed by atoms with E-state index in [2.05, 4.69) is 5.32 Å². The van der Waals surface area contributed by atoms with E-state index >= 15 is 0 Å². The van der Waals surface area contributed by atoms with Crippen LogP contribution >= 0.6 is 0 Å². The van der Waals surface area contributed by atoms with Gasteiger partial charge >= 0.3 is 0 Å². The minimum atomic E-state index is -0.437. The van der Waals surface area contributed by atoms with Gasteiger partial charge in [-0.15, -0.1) is 0 Å². The molecule has 2 aliphatic rings. The fourth-order valence-electron chi connectivity index (χ4n) is 4.14. The van der Waals surface area contributed by atoms with Gasteiger partial charge in [-0.3, -0.25) is 9.59 Å². The molecule has 0 bridgehead atoms. The van der Waals surface area contributed by atoms with E-state index in [-0.39, 0.29) is 11.8 Å². The zero-order valence-electron chi connectivity index (χ0n) is 16.9. The summed E-state index contributed by atoms with van der Waals surface area (Å²) in [5.74, 6) is 0.740. The summed E-state index contributed by atoms with van der Waals surface area (Å²) in [5.41, 5.74) is 0.145. The Morgan fingerprint density at radius 2 is 1.71 bits per heavy atom. The number of benzene rings is 1. The monoisotopic (exact) mass is 389 g/mol. The van der Waals surface area contributed by atoms with Gasteiger partial charge in [0.1, 0.15) is 5.75 Å². The minimum Gasteiger partial charge on any atom is -0.493 e. The van der Waals surface area contributed by atoms with E-state index in [0.29, 0.717) is 50.7 Å². The normalized spacial score (nSPS) is 19.4. The maximum atomic E-state index is 13.2. The lowest BCUT2D eigenvalue weighted by Gasteiger charge is -2.42. The lowest BCUT2D eigenvalue weighted by Crippen LogP contribution is -2.57. The Hall–Kier alpha value is -2.12. The van der Waals surface area contributed by atoms with Crippen molar-refractivity contribution in [1.82, 2.24) is 15.1 Å². The van der Waals surface area contributed by atoms with Crippen LogP contribution in [0.3, 0.4) is 0 Å². The number of piperazine rings is 1. The number of hydrogen-bond donors (Lipinski definition) is 1. The number of carbonyl (C=O) groups is 2. The molecule has 1 N–H and O–H groups in total. The molecule has 2 fully saturated rings. The van der Waals surface area contributed by atoms with E-state index in [1.165, 1.54) is 0 Å². The third kappa shape index (κ3) is 4.31. The number of piperidine rings is 1. The van der Waals surface area contributed by atoms with Crippen molar-refractivity contribution in [3.05, 3.63) is 29.8 Å². The number of nitrogens with zero attached hydrogens (tertiary/aromatic N) is 2. The number of hydrogen-bond acceptors (Lipinski definition) is 5. The van der Waals surface area contributed by atoms with Crippen LogP contribution in [0.5, 0.6) is 5.75 Å². The number of methoxy groups -OCH3 is 1. The molecule has 2 heterocycles. The largest absolute Gasteiger partial charge is 0.493 e. The molecule has 0 aliphatic carbocycles. The molecule has 0 atom stereocenters. The Balaban J connectivity index is 1.64. The van der Waals surface area contributed by atoms with Crippen molar-refractivity contribution in [2.75, 3.05) is 59.6 Å². The van der Waals surface area contributed by atoms with Crippen LogP contribution in [0.2, 0.25) is 0 Å². The zero-order chi connectivity index (χ0) is 20.0. The molecule has 2 saturated heterocycles. The second-order valence-electron chi connectivity index (χ2n) is 7.48. The van der Waals surface area contributed by atoms with Gasteiger partial charge in [0.25, 0.3) is 5.91 Å². The molecule has 28 heavy (non-hydrogen) atoms. The molecule has 0 radical (unpaired) electrons. The highest BCUT2D eigenvalue weighted by molar-refractivity contribution is 5.97. The van der Waals surface area contributed by atoms with Crippen LogP contribution in [0, 0.1) is 5.41 Å². The van der Waals surface area contributed by atoms with Gasteiger partial charge in [0.05, 0.1) is 24.2 Å². The highest BCUT2D eigenvalue weighted by Crippen LogP contribution is 2.32. The molecular weight excluding hydrogens is 358 g/mol.